The largest absolute Gasteiger partial charge is 0.494 e. The Bertz CT molecular complexity index is 1160. The molecule has 1 saturated heterocycles. The highest BCUT2D eigenvalue weighted by Gasteiger charge is 2.31. The fourth-order valence-corrected chi connectivity index (χ4v) is 4.66. The molecule has 0 unspecified atom stereocenters. The van der Waals surface area contributed by atoms with Crippen LogP contribution in [0.25, 0.3) is 10.9 Å². The Hall–Kier alpha value is -2.78. The Kier molecular flexibility index (Phi) is 7.33. The Labute approximate surface area is 200 Å². The lowest BCUT2D eigenvalue weighted by Crippen LogP contribution is -2.39. The number of fused-ring (bicyclic) bond motifs is 1. The van der Waals surface area contributed by atoms with Crippen molar-refractivity contribution in [2.75, 3.05) is 19.8 Å². The number of rotatable bonds is 9. The first-order valence-electron chi connectivity index (χ1n) is 12.2. The van der Waals surface area contributed by atoms with Crippen LogP contribution in [-0.2, 0) is 16.8 Å². The summed E-state index contributed by atoms with van der Waals surface area (Å²) < 4.78 is 13.5. The number of ether oxygens (including phenoxy) is 2. The van der Waals surface area contributed by atoms with Crippen LogP contribution in [0.15, 0.2) is 29.1 Å². The first-order chi connectivity index (χ1) is 16.3. The molecule has 0 bridgehead atoms. The molecular formula is C25H36N6O3. The smallest absolute Gasteiger partial charge is 0.252 e. The van der Waals surface area contributed by atoms with E-state index in [1.807, 2.05) is 35.9 Å². The minimum absolute atomic E-state index is 0.0525. The average molecular weight is 469 g/mol. The molecule has 1 aliphatic heterocycles. The van der Waals surface area contributed by atoms with E-state index < -0.39 is 0 Å². The zero-order valence-corrected chi connectivity index (χ0v) is 20.9. The van der Waals surface area contributed by atoms with Gasteiger partial charge in [0.2, 0.25) is 0 Å². The predicted octanol–water partition coefficient (Wildman–Crippen LogP) is 3.80. The van der Waals surface area contributed by atoms with Gasteiger partial charge in [0.15, 0.2) is 5.82 Å². The van der Waals surface area contributed by atoms with Gasteiger partial charge in [-0.2, -0.15) is 0 Å². The van der Waals surface area contributed by atoms with E-state index in [4.69, 9.17) is 9.47 Å². The SMILES string of the molecule is CCOc1ccc2[nH]c(=O)c(CN(C[C@H]3CCCO3)[C@H](CC)c3nnnn3C(C)(C)C)cc2c1. The van der Waals surface area contributed by atoms with Crippen molar-refractivity contribution in [2.45, 2.75) is 78.1 Å². The number of hydrogen-bond donors (Lipinski definition) is 1. The second-order valence-corrected chi connectivity index (χ2v) is 9.91. The normalized spacial score (nSPS) is 17.5. The summed E-state index contributed by atoms with van der Waals surface area (Å²) in [7, 11) is 0. The molecule has 9 heteroatoms. The summed E-state index contributed by atoms with van der Waals surface area (Å²) in [5.41, 5.74) is 1.16. The lowest BCUT2D eigenvalue weighted by Gasteiger charge is -2.33. The number of nitrogens with one attached hydrogen (secondary N) is 1. The summed E-state index contributed by atoms with van der Waals surface area (Å²) in [6, 6.07) is 7.66. The third-order valence-corrected chi connectivity index (χ3v) is 6.29. The van der Waals surface area contributed by atoms with Crippen LogP contribution in [-0.4, -0.2) is 56.0 Å². The summed E-state index contributed by atoms with van der Waals surface area (Å²) in [5, 5.41) is 13.6. The number of pyridine rings is 1. The molecule has 34 heavy (non-hydrogen) atoms. The van der Waals surface area contributed by atoms with Crippen LogP contribution in [0.1, 0.15) is 71.3 Å². The number of tetrazole rings is 1. The number of aromatic nitrogens is 5. The molecule has 184 valence electrons. The van der Waals surface area contributed by atoms with Crippen molar-refractivity contribution in [3.8, 4) is 5.75 Å². The second kappa shape index (κ2) is 10.2. The maximum absolute atomic E-state index is 13.0. The van der Waals surface area contributed by atoms with Crippen molar-refractivity contribution < 1.29 is 9.47 Å². The summed E-state index contributed by atoms with van der Waals surface area (Å²) in [6.45, 7) is 12.9. The predicted molar refractivity (Wildman–Crippen MR) is 131 cm³/mol. The van der Waals surface area contributed by atoms with Crippen molar-refractivity contribution in [1.29, 1.82) is 0 Å². The van der Waals surface area contributed by atoms with Crippen molar-refractivity contribution in [3.63, 3.8) is 0 Å². The molecular weight excluding hydrogens is 432 g/mol. The van der Waals surface area contributed by atoms with Gasteiger partial charge in [-0.15, -0.1) is 5.10 Å². The lowest BCUT2D eigenvalue weighted by atomic mass is 10.1. The fraction of sp³-hybridized carbons (Fsp3) is 0.600. The van der Waals surface area contributed by atoms with Gasteiger partial charge < -0.3 is 14.5 Å². The second-order valence-electron chi connectivity index (χ2n) is 9.91. The first-order valence-corrected chi connectivity index (χ1v) is 12.2. The molecule has 0 radical (unpaired) electrons. The van der Waals surface area contributed by atoms with E-state index in [0.717, 1.165) is 48.3 Å². The monoisotopic (exact) mass is 468 g/mol. The van der Waals surface area contributed by atoms with Gasteiger partial charge in [-0.1, -0.05) is 6.92 Å². The zero-order chi connectivity index (χ0) is 24.3. The topological polar surface area (TPSA) is 98.2 Å². The van der Waals surface area contributed by atoms with Crippen LogP contribution < -0.4 is 10.3 Å². The fourth-order valence-electron chi connectivity index (χ4n) is 4.66. The summed E-state index contributed by atoms with van der Waals surface area (Å²) in [5.74, 6) is 1.60. The molecule has 1 N–H and O–H groups in total. The van der Waals surface area contributed by atoms with E-state index in [2.05, 4.69) is 53.1 Å². The Morgan fingerprint density at radius 3 is 2.79 bits per heavy atom. The average Bonchev–Trinajstić information content (AvgIpc) is 3.47. The Balaban J connectivity index is 1.71. The van der Waals surface area contributed by atoms with E-state index in [0.29, 0.717) is 25.3 Å². The van der Waals surface area contributed by atoms with Crippen molar-refractivity contribution in [2.24, 2.45) is 0 Å². The quantitative estimate of drug-likeness (QED) is 0.510. The van der Waals surface area contributed by atoms with Gasteiger partial charge in [0.1, 0.15) is 5.75 Å². The maximum Gasteiger partial charge on any atom is 0.252 e. The van der Waals surface area contributed by atoms with E-state index in [1.54, 1.807) is 0 Å². The van der Waals surface area contributed by atoms with Crippen LogP contribution >= 0.6 is 0 Å². The van der Waals surface area contributed by atoms with Gasteiger partial charge in [-0.05, 0) is 81.6 Å². The van der Waals surface area contributed by atoms with E-state index >= 15 is 0 Å². The molecule has 4 rings (SSSR count). The molecule has 0 amide bonds. The highest BCUT2D eigenvalue weighted by Crippen LogP contribution is 2.29. The van der Waals surface area contributed by atoms with Crippen molar-refractivity contribution >= 4 is 10.9 Å². The number of benzene rings is 1. The molecule has 1 aliphatic rings. The molecule has 3 heterocycles. The van der Waals surface area contributed by atoms with Crippen LogP contribution in [0.5, 0.6) is 5.75 Å². The van der Waals surface area contributed by atoms with Crippen LogP contribution in [0.2, 0.25) is 0 Å². The summed E-state index contributed by atoms with van der Waals surface area (Å²) in [4.78, 5) is 18.4. The van der Waals surface area contributed by atoms with Crippen LogP contribution in [0.4, 0.5) is 0 Å². The summed E-state index contributed by atoms with van der Waals surface area (Å²) in [6.07, 6.45) is 3.02. The van der Waals surface area contributed by atoms with Gasteiger partial charge >= 0.3 is 0 Å². The zero-order valence-electron chi connectivity index (χ0n) is 20.9. The van der Waals surface area contributed by atoms with Gasteiger partial charge in [0, 0.05) is 36.2 Å². The van der Waals surface area contributed by atoms with Gasteiger partial charge in [-0.25, -0.2) is 4.68 Å². The number of nitrogens with zero attached hydrogens (tertiary/aromatic N) is 5. The number of aromatic amines is 1. The van der Waals surface area contributed by atoms with Crippen molar-refractivity contribution in [3.05, 3.63) is 46.0 Å². The Morgan fingerprint density at radius 1 is 1.29 bits per heavy atom. The standard InChI is InChI=1S/C25H36N6O3/c1-6-22(23-27-28-29-31(23)25(3,4)5)30(16-20-9-8-12-34-20)15-18-13-17-14-19(33-7-2)10-11-21(17)26-24(18)32/h10-11,13-14,20,22H,6-9,12,15-16H2,1-5H3,(H,26,32)/t20-,22-/m1/s1. The van der Waals surface area contributed by atoms with E-state index in [1.165, 1.54) is 0 Å². The highest BCUT2D eigenvalue weighted by molar-refractivity contribution is 5.80. The molecule has 0 aliphatic carbocycles. The molecule has 0 spiro atoms. The van der Waals surface area contributed by atoms with Crippen molar-refractivity contribution in [1.82, 2.24) is 30.1 Å². The molecule has 2 atom stereocenters. The molecule has 2 aromatic heterocycles. The molecule has 1 fully saturated rings. The molecule has 0 saturated carbocycles. The van der Waals surface area contributed by atoms with Crippen LogP contribution in [0, 0.1) is 0 Å². The van der Waals surface area contributed by atoms with E-state index in [-0.39, 0.29) is 23.2 Å². The van der Waals surface area contributed by atoms with E-state index in [9.17, 15) is 4.79 Å². The van der Waals surface area contributed by atoms with Gasteiger partial charge in [0.05, 0.1) is 24.3 Å². The maximum atomic E-state index is 13.0. The third kappa shape index (κ3) is 5.31. The van der Waals surface area contributed by atoms with Gasteiger partial charge in [0.25, 0.3) is 5.56 Å². The number of hydrogen-bond acceptors (Lipinski definition) is 7. The minimum Gasteiger partial charge on any atom is -0.494 e. The summed E-state index contributed by atoms with van der Waals surface area (Å²) >= 11 is 0. The lowest BCUT2D eigenvalue weighted by molar-refractivity contribution is 0.0478. The number of H-pyrrole nitrogens is 1. The Morgan fingerprint density at radius 2 is 2.12 bits per heavy atom. The minimum atomic E-state index is -0.252. The molecule has 1 aromatic carbocycles. The van der Waals surface area contributed by atoms with Crippen LogP contribution in [0.3, 0.4) is 0 Å². The molecule has 9 nitrogen and oxygen atoms in total. The third-order valence-electron chi connectivity index (χ3n) is 6.29. The highest BCUT2D eigenvalue weighted by atomic mass is 16.5. The van der Waals surface area contributed by atoms with Gasteiger partial charge in [-0.3, -0.25) is 9.69 Å². The molecule has 3 aromatic rings. The first kappa shape index (κ1) is 24.3.